The summed E-state index contributed by atoms with van der Waals surface area (Å²) in [5, 5.41) is 0. The summed E-state index contributed by atoms with van der Waals surface area (Å²) in [7, 11) is 0. The van der Waals surface area contributed by atoms with Crippen LogP contribution in [0.5, 0.6) is 0 Å². The second-order valence-electron chi connectivity index (χ2n) is 5.24. The van der Waals surface area contributed by atoms with Gasteiger partial charge in [-0.15, -0.1) is 0 Å². The van der Waals surface area contributed by atoms with Crippen molar-refractivity contribution in [2.45, 2.75) is 39.4 Å². The maximum atomic E-state index is 12.1. The Bertz CT molecular complexity index is 711. The Morgan fingerprint density at radius 1 is 1.32 bits per heavy atom. The molecule has 1 aromatic rings. The molecular formula is C14H21F3N4O4. The first kappa shape index (κ1) is 20.7. The molecule has 11 heteroatoms. The standard InChI is InChI=1S/C14H21F3N4O4/c1-3-5-6-21-11(18)10(12(23)19-13(21)24)20(4-2)9(22)7-25-8-14(15,16)17/h3-8,18H2,1-2H3,(H,19,23,24). The number of H-pyrrole nitrogens is 1. The van der Waals surface area contributed by atoms with Gasteiger partial charge in [0, 0.05) is 13.1 Å². The zero-order chi connectivity index (χ0) is 19.2. The van der Waals surface area contributed by atoms with Crippen LogP contribution < -0.4 is 21.9 Å². The van der Waals surface area contributed by atoms with E-state index >= 15 is 0 Å². The number of alkyl halides is 3. The molecule has 8 nitrogen and oxygen atoms in total. The van der Waals surface area contributed by atoms with E-state index in [-0.39, 0.29) is 24.6 Å². The zero-order valence-corrected chi connectivity index (χ0v) is 14.0. The lowest BCUT2D eigenvalue weighted by Gasteiger charge is -2.23. The monoisotopic (exact) mass is 366 g/mol. The lowest BCUT2D eigenvalue weighted by Crippen LogP contribution is -2.42. The minimum Gasteiger partial charge on any atom is -0.383 e. The number of nitrogens with one attached hydrogen (secondary N) is 1. The summed E-state index contributed by atoms with van der Waals surface area (Å²) in [6, 6.07) is 0. The third-order valence-corrected chi connectivity index (χ3v) is 3.33. The van der Waals surface area contributed by atoms with Crippen LogP contribution in [0.3, 0.4) is 0 Å². The molecule has 25 heavy (non-hydrogen) atoms. The number of halogens is 3. The molecule has 0 bridgehead atoms. The van der Waals surface area contributed by atoms with Crippen LogP contribution in [0.15, 0.2) is 9.59 Å². The van der Waals surface area contributed by atoms with Crippen molar-refractivity contribution < 1.29 is 22.7 Å². The molecule has 1 rings (SSSR count). The van der Waals surface area contributed by atoms with Gasteiger partial charge in [-0.2, -0.15) is 13.2 Å². The summed E-state index contributed by atoms with van der Waals surface area (Å²) >= 11 is 0. The smallest absolute Gasteiger partial charge is 0.383 e. The SMILES string of the molecule is CCCCn1c(N)c(N(CC)C(=O)COCC(F)(F)F)c(=O)[nH]c1=O. The average Bonchev–Trinajstić information content (AvgIpc) is 2.49. The maximum absolute atomic E-state index is 12.1. The van der Waals surface area contributed by atoms with Crippen LogP contribution in [-0.4, -0.2) is 41.4 Å². The van der Waals surface area contributed by atoms with Gasteiger partial charge in [-0.1, -0.05) is 13.3 Å². The molecule has 0 unspecified atom stereocenters. The van der Waals surface area contributed by atoms with E-state index in [2.05, 4.69) is 9.72 Å². The molecule has 0 aliphatic carbocycles. The van der Waals surface area contributed by atoms with E-state index in [4.69, 9.17) is 5.73 Å². The van der Waals surface area contributed by atoms with Gasteiger partial charge in [-0.05, 0) is 13.3 Å². The van der Waals surface area contributed by atoms with Gasteiger partial charge in [-0.25, -0.2) is 4.79 Å². The summed E-state index contributed by atoms with van der Waals surface area (Å²) in [4.78, 5) is 39.0. The Morgan fingerprint density at radius 3 is 2.48 bits per heavy atom. The van der Waals surface area contributed by atoms with Crippen molar-refractivity contribution in [1.29, 1.82) is 0 Å². The van der Waals surface area contributed by atoms with Crippen molar-refractivity contribution >= 4 is 17.4 Å². The first-order chi connectivity index (χ1) is 11.6. The van der Waals surface area contributed by atoms with E-state index in [0.717, 1.165) is 15.9 Å². The number of hydrogen-bond donors (Lipinski definition) is 2. The van der Waals surface area contributed by atoms with Crippen LogP contribution in [-0.2, 0) is 16.1 Å². The van der Waals surface area contributed by atoms with Gasteiger partial charge in [0.05, 0.1) is 0 Å². The number of carbonyl (C=O) groups excluding carboxylic acids is 1. The minimum absolute atomic E-state index is 0.0343. The van der Waals surface area contributed by atoms with Crippen molar-refractivity contribution in [3.05, 3.63) is 20.8 Å². The van der Waals surface area contributed by atoms with E-state index in [9.17, 15) is 27.6 Å². The van der Waals surface area contributed by atoms with Crippen LogP contribution in [0, 0.1) is 0 Å². The molecule has 0 saturated heterocycles. The number of hydrogen-bond acceptors (Lipinski definition) is 5. The van der Waals surface area contributed by atoms with Gasteiger partial charge in [0.15, 0.2) is 5.69 Å². The molecule has 1 heterocycles. The number of likely N-dealkylation sites (N-methyl/N-ethyl adjacent to an activating group) is 1. The Hall–Kier alpha value is -2.30. The normalized spacial score (nSPS) is 11.6. The molecule has 0 aliphatic heterocycles. The topological polar surface area (TPSA) is 110 Å². The van der Waals surface area contributed by atoms with Crippen LogP contribution in [0.25, 0.3) is 0 Å². The van der Waals surface area contributed by atoms with Gasteiger partial charge in [0.2, 0.25) is 0 Å². The van der Waals surface area contributed by atoms with Crippen molar-refractivity contribution in [1.82, 2.24) is 9.55 Å². The van der Waals surface area contributed by atoms with Gasteiger partial charge < -0.3 is 15.4 Å². The van der Waals surface area contributed by atoms with E-state index in [1.165, 1.54) is 6.92 Å². The number of ether oxygens (including phenoxy) is 1. The molecule has 0 atom stereocenters. The van der Waals surface area contributed by atoms with Gasteiger partial charge in [0.25, 0.3) is 11.5 Å². The number of nitrogens with two attached hydrogens (primary N) is 1. The highest BCUT2D eigenvalue weighted by Crippen LogP contribution is 2.18. The molecule has 3 N–H and O–H groups in total. The highest BCUT2D eigenvalue weighted by molar-refractivity contribution is 5.96. The van der Waals surface area contributed by atoms with Crippen molar-refractivity contribution in [3.8, 4) is 0 Å². The fourth-order valence-corrected chi connectivity index (χ4v) is 2.17. The largest absolute Gasteiger partial charge is 0.411 e. The molecule has 1 aromatic heterocycles. The third kappa shape index (κ3) is 5.62. The van der Waals surface area contributed by atoms with E-state index in [1.807, 2.05) is 6.92 Å². The molecule has 0 aromatic carbocycles. The molecule has 0 fully saturated rings. The fourth-order valence-electron chi connectivity index (χ4n) is 2.17. The predicted molar refractivity (Wildman–Crippen MR) is 85.5 cm³/mol. The fraction of sp³-hybridized carbons (Fsp3) is 0.643. The highest BCUT2D eigenvalue weighted by Gasteiger charge is 2.29. The number of nitrogens with zero attached hydrogens (tertiary/aromatic N) is 2. The van der Waals surface area contributed by atoms with Gasteiger partial charge >= 0.3 is 11.9 Å². The Morgan fingerprint density at radius 2 is 1.96 bits per heavy atom. The summed E-state index contributed by atoms with van der Waals surface area (Å²) in [6.45, 7) is 1.16. The second kappa shape index (κ2) is 8.70. The quantitative estimate of drug-likeness (QED) is 0.709. The number of aromatic nitrogens is 2. The van der Waals surface area contributed by atoms with Gasteiger partial charge in [0.1, 0.15) is 19.0 Å². The zero-order valence-electron chi connectivity index (χ0n) is 14.0. The minimum atomic E-state index is -4.57. The predicted octanol–water partition coefficient (Wildman–Crippen LogP) is 0.851. The molecule has 142 valence electrons. The summed E-state index contributed by atoms with van der Waals surface area (Å²) in [5.74, 6) is -1.09. The van der Waals surface area contributed by atoms with Crippen LogP contribution >= 0.6 is 0 Å². The summed E-state index contributed by atoms with van der Waals surface area (Å²) in [5.41, 5.74) is 3.99. The van der Waals surface area contributed by atoms with E-state index in [1.54, 1.807) is 0 Å². The molecular weight excluding hydrogens is 345 g/mol. The molecule has 0 aliphatic rings. The van der Waals surface area contributed by atoms with Crippen LogP contribution in [0.1, 0.15) is 26.7 Å². The first-order valence-corrected chi connectivity index (χ1v) is 7.69. The first-order valence-electron chi connectivity index (χ1n) is 7.69. The molecule has 0 spiro atoms. The molecule has 0 saturated carbocycles. The molecule has 1 amide bonds. The van der Waals surface area contributed by atoms with E-state index < -0.39 is 36.5 Å². The summed E-state index contributed by atoms with van der Waals surface area (Å²) in [6.07, 6.45) is -3.19. The Balaban J connectivity index is 3.11. The van der Waals surface area contributed by atoms with Crippen molar-refractivity contribution in [3.63, 3.8) is 0 Å². The Kier molecular flexibility index (Phi) is 7.22. The lowest BCUT2D eigenvalue weighted by atomic mass is 10.3. The van der Waals surface area contributed by atoms with Gasteiger partial charge in [-0.3, -0.25) is 19.1 Å². The highest BCUT2D eigenvalue weighted by atomic mass is 19.4. The third-order valence-electron chi connectivity index (χ3n) is 3.33. The van der Waals surface area contributed by atoms with Crippen molar-refractivity contribution in [2.24, 2.45) is 0 Å². The lowest BCUT2D eigenvalue weighted by molar-refractivity contribution is -0.175. The number of carbonyl (C=O) groups is 1. The van der Waals surface area contributed by atoms with Crippen LogP contribution in [0.2, 0.25) is 0 Å². The maximum Gasteiger partial charge on any atom is 0.411 e. The molecule has 0 radical (unpaired) electrons. The number of nitrogen functional groups attached to an aromatic ring is 1. The number of aromatic amines is 1. The Labute approximate surface area is 141 Å². The van der Waals surface area contributed by atoms with Crippen molar-refractivity contribution in [2.75, 3.05) is 30.4 Å². The second-order valence-corrected chi connectivity index (χ2v) is 5.24. The number of unbranched alkanes of at least 4 members (excludes halogenated alkanes) is 1. The van der Waals surface area contributed by atoms with E-state index in [0.29, 0.717) is 6.42 Å². The number of amides is 1. The van der Waals surface area contributed by atoms with Crippen LogP contribution in [0.4, 0.5) is 24.7 Å². The average molecular weight is 366 g/mol. The number of anilines is 2. The number of rotatable bonds is 8. The summed E-state index contributed by atoms with van der Waals surface area (Å²) < 4.78 is 41.7.